The van der Waals surface area contributed by atoms with Crippen molar-refractivity contribution in [3.05, 3.63) is 0 Å². The molecule has 1 aliphatic heterocycles. The summed E-state index contributed by atoms with van der Waals surface area (Å²) in [5, 5.41) is -1.43. The van der Waals surface area contributed by atoms with E-state index in [-0.39, 0.29) is 13.1 Å². The highest BCUT2D eigenvalue weighted by Gasteiger charge is 2.38. The molecule has 17 heavy (non-hydrogen) atoms. The maximum atomic E-state index is 12.6. The lowest BCUT2D eigenvalue weighted by molar-refractivity contribution is -0.128. The number of carbonyl (C=O) groups excluding carboxylic acids is 1. The molecule has 1 fully saturated rings. The summed E-state index contributed by atoms with van der Waals surface area (Å²) >= 11 is 0. The van der Waals surface area contributed by atoms with Gasteiger partial charge in [-0.1, -0.05) is 0 Å². The second kappa shape index (κ2) is 4.84. The van der Waals surface area contributed by atoms with Crippen LogP contribution in [0.5, 0.6) is 0 Å². The molecule has 0 spiro atoms. The molecule has 0 radical (unpaired) electrons. The highest BCUT2D eigenvalue weighted by molar-refractivity contribution is 7.87. The van der Waals surface area contributed by atoms with Gasteiger partial charge in [0.25, 0.3) is 0 Å². The van der Waals surface area contributed by atoms with Crippen LogP contribution in [-0.4, -0.2) is 57.1 Å². The number of amides is 1. The highest BCUT2D eigenvalue weighted by atomic mass is 32.3. The fraction of sp³-hybridized carbons (Fsp3) is 0.833. The van der Waals surface area contributed by atoms with E-state index in [0.29, 0.717) is 0 Å². The Hall–Kier alpha value is -0.780. The number of nitrogens with zero attached hydrogens (tertiary/aromatic N) is 1. The molecule has 1 N–H and O–H groups in total. The first-order chi connectivity index (χ1) is 7.59. The van der Waals surface area contributed by atoms with Gasteiger partial charge in [-0.15, -0.1) is 3.89 Å². The molecule has 1 amide bonds. The van der Waals surface area contributed by atoms with Crippen molar-refractivity contribution in [2.75, 3.05) is 19.7 Å². The number of carbonyl (C=O) groups is 1. The summed E-state index contributed by atoms with van der Waals surface area (Å²) in [6, 6.07) is 0. The minimum Gasteiger partial charge on any atom is -0.339 e. The van der Waals surface area contributed by atoms with Crippen molar-refractivity contribution in [1.82, 2.24) is 4.90 Å². The zero-order chi connectivity index (χ0) is 13.3. The number of halogens is 1. The van der Waals surface area contributed by atoms with Gasteiger partial charge in [0.05, 0.1) is 6.61 Å². The molecule has 0 aromatic carbocycles. The molecule has 1 saturated heterocycles. The Morgan fingerprint density at radius 2 is 2.00 bits per heavy atom. The second-order valence-corrected chi connectivity index (χ2v) is 6.10. The highest BCUT2D eigenvalue weighted by Crippen LogP contribution is 2.19. The molecular formula is C6H10FNO7S2. The van der Waals surface area contributed by atoms with E-state index >= 15 is 0 Å². The largest absolute Gasteiger partial charge is 0.397 e. The summed E-state index contributed by atoms with van der Waals surface area (Å²) in [4.78, 5) is 12.2. The van der Waals surface area contributed by atoms with Gasteiger partial charge in [0.1, 0.15) is 5.25 Å². The molecule has 0 aliphatic carbocycles. The molecule has 1 rings (SSSR count). The van der Waals surface area contributed by atoms with E-state index < -0.39 is 44.8 Å². The number of rotatable bonds is 5. The fourth-order valence-electron chi connectivity index (χ4n) is 1.39. The molecule has 8 nitrogen and oxygen atoms in total. The molecule has 0 bridgehead atoms. The fourth-order valence-corrected chi connectivity index (χ4v) is 2.38. The Bertz CT molecular complexity index is 498. The van der Waals surface area contributed by atoms with Crippen LogP contribution in [0.2, 0.25) is 0 Å². The van der Waals surface area contributed by atoms with Gasteiger partial charge in [-0.2, -0.15) is 16.8 Å². The Balaban J connectivity index is 2.50. The van der Waals surface area contributed by atoms with Gasteiger partial charge >= 0.3 is 20.6 Å². The Labute approximate surface area is 97.5 Å². The molecule has 100 valence electrons. The maximum absolute atomic E-state index is 12.6. The van der Waals surface area contributed by atoms with Gasteiger partial charge in [0.15, 0.2) is 0 Å². The summed E-state index contributed by atoms with van der Waals surface area (Å²) in [7, 11) is -9.40. The van der Waals surface area contributed by atoms with Crippen LogP contribution in [0.4, 0.5) is 3.89 Å². The van der Waals surface area contributed by atoms with E-state index in [9.17, 15) is 25.5 Å². The first-order valence-corrected chi connectivity index (χ1v) is 7.24. The molecule has 0 aromatic rings. The third-order valence-corrected chi connectivity index (χ3v) is 3.75. The number of hydrogen-bond donors (Lipinski definition) is 1. The standard InChI is InChI=1S/C6H10FNO7S2/c7-16(10,11)5-3-6(9)8(4-5)1-2-15-17(12,13)14/h5H,1-4H2,(H,12,13,14). The minimum absolute atomic E-state index is 0.245. The molecule has 0 aromatic heterocycles. The average molecular weight is 291 g/mol. The summed E-state index contributed by atoms with van der Waals surface area (Å²) in [6.07, 6.45) is -0.481. The Kier molecular flexibility index (Phi) is 4.06. The van der Waals surface area contributed by atoms with Gasteiger partial charge in [0.2, 0.25) is 5.91 Å². The van der Waals surface area contributed by atoms with Crippen molar-refractivity contribution < 1.29 is 34.3 Å². The molecule has 0 saturated carbocycles. The van der Waals surface area contributed by atoms with Crippen molar-refractivity contribution in [2.45, 2.75) is 11.7 Å². The van der Waals surface area contributed by atoms with Crippen LogP contribution in [0.25, 0.3) is 0 Å². The smallest absolute Gasteiger partial charge is 0.339 e. The van der Waals surface area contributed by atoms with Gasteiger partial charge in [-0.3, -0.25) is 9.35 Å². The minimum atomic E-state index is -4.79. The molecular weight excluding hydrogens is 281 g/mol. The predicted molar refractivity (Wildman–Crippen MR) is 52.5 cm³/mol. The summed E-state index contributed by atoms with van der Waals surface area (Å²) in [5.41, 5.74) is 0. The number of likely N-dealkylation sites (tertiary alicyclic amines) is 1. The van der Waals surface area contributed by atoms with Crippen molar-refractivity contribution in [1.29, 1.82) is 0 Å². The first-order valence-electron chi connectivity index (χ1n) is 4.42. The average Bonchev–Trinajstić information content (AvgIpc) is 2.45. The zero-order valence-corrected chi connectivity index (χ0v) is 10.1. The Morgan fingerprint density at radius 1 is 1.41 bits per heavy atom. The van der Waals surface area contributed by atoms with Gasteiger partial charge in [-0.25, -0.2) is 4.18 Å². The monoisotopic (exact) mass is 291 g/mol. The molecule has 1 atom stereocenters. The number of hydrogen-bond acceptors (Lipinski definition) is 6. The summed E-state index contributed by atoms with van der Waals surface area (Å²) in [5.74, 6) is -0.616. The zero-order valence-electron chi connectivity index (χ0n) is 8.44. The van der Waals surface area contributed by atoms with Gasteiger partial charge in [0, 0.05) is 19.5 Å². The topological polar surface area (TPSA) is 118 Å². The van der Waals surface area contributed by atoms with E-state index in [4.69, 9.17) is 4.55 Å². The van der Waals surface area contributed by atoms with Crippen molar-refractivity contribution in [3.63, 3.8) is 0 Å². The predicted octanol–water partition coefficient (Wildman–Crippen LogP) is -1.29. The van der Waals surface area contributed by atoms with Crippen LogP contribution in [0.15, 0.2) is 0 Å². The van der Waals surface area contributed by atoms with Gasteiger partial charge < -0.3 is 4.90 Å². The van der Waals surface area contributed by atoms with Crippen LogP contribution < -0.4 is 0 Å². The third kappa shape index (κ3) is 4.53. The molecule has 11 heteroatoms. The Morgan fingerprint density at radius 3 is 2.41 bits per heavy atom. The van der Waals surface area contributed by atoms with Crippen LogP contribution >= 0.6 is 0 Å². The van der Waals surface area contributed by atoms with Crippen LogP contribution in [0, 0.1) is 0 Å². The second-order valence-electron chi connectivity index (χ2n) is 3.39. The van der Waals surface area contributed by atoms with E-state index in [1.807, 2.05) is 0 Å². The van der Waals surface area contributed by atoms with E-state index in [0.717, 1.165) is 4.90 Å². The van der Waals surface area contributed by atoms with Crippen molar-refractivity contribution >= 4 is 26.5 Å². The lowest BCUT2D eigenvalue weighted by Crippen LogP contribution is -2.31. The molecule has 1 aliphatic rings. The molecule has 1 unspecified atom stereocenters. The lowest BCUT2D eigenvalue weighted by atomic mass is 10.4. The molecule has 1 heterocycles. The maximum Gasteiger partial charge on any atom is 0.397 e. The van der Waals surface area contributed by atoms with Gasteiger partial charge in [-0.05, 0) is 0 Å². The van der Waals surface area contributed by atoms with Crippen LogP contribution in [0.1, 0.15) is 6.42 Å². The van der Waals surface area contributed by atoms with Crippen LogP contribution in [0.3, 0.4) is 0 Å². The first kappa shape index (κ1) is 14.3. The van der Waals surface area contributed by atoms with Crippen molar-refractivity contribution in [3.8, 4) is 0 Å². The third-order valence-electron chi connectivity index (χ3n) is 2.17. The van der Waals surface area contributed by atoms with Crippen molar-refractivity contribution in [2.24, 2.45) is 0 Å². The summed E-state index contributed by atoms with van der Waals surface area (Å²) in [6.45, 7) is -1.12. The van der Waals surface area contributed by atoms with E-state index in [1.54, 1.807) is 0 Å². The van der Waals surface area contributed by atoms with E-state index in [2.05, 4.69) is 4.18 Å². The lowest BCUT2D eigenvalue weighted by Gasteiger charge is -2.14. The summed E-state index contributed by atoms with van der Waals surface area (Å²) < 4.78 is 66.2. The quantitative estimate of drug-likeness (QED) is 0.494. The van der Waals surface area contributed by atoms with E-state index in [1.165, 1.54) is 0 Å². The SMILES string of the molecule is O=C1CC(S(=O)(=O)F)CN1CCOS(=O)(=O)O. The normalized spacial score (nSPS) is 22.1. The van der Waals surface area contributed by atoms with Crippen LogP contribution in [-0.2, 0) is 29.6 Å².